The van der Waals surface area contributed by atoms with Crippen LogP contribution in [0.2, 0.25) is 0 Å². The SMILES string of the molecule is O=C(CN=Cc1ccccc1O)NCCCN(CCCNC(=O)CN=Cc1ccccc1O)CCCNC(=O)CN=Cc1ccccc1O. The van der Waals surface area contributed by atoms with Crippen molar-refractivity contribution in [2.24, 2.45) is 15.0 Å². The van der Waals surface area contributed by atoms with E-state index in [0.717, 1.165) is 0 Å². The summed E-state index contributed by atoms with van der Waals surface area (Å²) in [5, 5.41) is 38.0. The van der Waals surface area contributed by atoms with Gasteiger partial charge in [-0.25, -0.2) is 0 Å². The summed E-state index contributed by atoms with van der Waals surface area (Å²) in [4.78, 5) is 51.2. The number of carbonyl (C=O) groups is 3. The Bertz CT molecular complexity index is 1390. The summed E-state index contributed by atoms with van der Waals surface area (Å²) in [7, 11) is 0. The summed E-state index contributed by atoms with van der Waals surface area (Å²) in [6.07, 6.45) is 6.47. The molecule has 13 nitrogen and oxygen atoms in total. The Morgan fingerprint density at radius 2 is 0.796 bits per heavy atom. The van der Waals surface area contributed by atoms with E-state index in [2.05, 4.69) is 35.8 Å². The van der Waals surface area contributed by atoms with Gasteiger partial charge in [-0.2, -0.15) is 0 Å². The van der Waals surface area contributed by atoms with Crippen molar-refractivity contribution in [2.75, 3.05) is 58.9 Å². The quantitative estimate of drug-likeness (QED) is 0.0740. The van der Waals surface area contributed by atoms with Gasteiger partial charge in [0, 0.05) is 55.0 Å². The molecule has 6 N–H and O–H groups in total. The number of phenolic OH excluding ortho intramolecular Hbond substituents is 3. The van der Waals surface area contributed by atoms with Crippen molar-refractivity contribution in [1.82, 2.24) is 20.9 Å². The molecular formula is C36H45N7O6. The molecule has 13 heteroatoms. The molecule has 0 aliphatic rings. The van der Waals surface area contributed by atoms with E-state index in [-0.39, 0.29) is 54.6 Å². The van der Waals surface area contributed by atoms with Gasteiger partial charge >= 0.3 is 0 Å². The molecule has 0 heterocycles. The van der Waals surface area contributed by atoms with Gasteiger partial charge in [-0.05, 0) is 75.3 Å². The molecule has 3 aromatic carbocycles. The van der Waals surface area contributed by atoms with E-state index >= 15 is 0 Å². The van der Waals surface area contributed by atoms with Crippen molar-refractivity contribution in [1.29, 1.82) is 0 Å². The van der Waals surface area contributed by atoms with Crippen LogP contribution in [0.1, 0.15) is 36.0 Å². The number of amides is 3. The van der Waals surface area contributed by atoms with Gasteiger partial charge in [0.1, 0.15) is 36.9 Å². The molecule has 0 unspecified atom stereocenters. The lowest BCUT2D eigenvalue weighted by atomic mass is 10.2. The predicted octanol–water partition coefficient (Wildman–Crippen LogP) is 2.28. The zero-order chi connectivity index (χ0) is 35.1. The molecule has 0 bridgehead atoms. The fourth-order valence-electron chi connectivity index (χ4n) is 4.57. The molecule has 49 heavy (non-hydrogen) atoms. The number of aromatic hydroxyl groups is 3. The van der Waals surface area contributed by atoms with Gasteiger partial charge < -0.3 is 36.2 Å². The minimum absolute atomic E-state index is 0.0510. The molecule has 0 spiro atoms. The summed E-state index contributed by atoms with van der Waals surface area (Å²) < 4.78 is 0. The molecule has 3 aromatic rings. The molecule has 0 atom stereocenters. The van der Waals surface area contributed by atoms with Crippen LogP contribution in [0.25, 0.3) is 0 Å². The lowest BCUT2D eigenvalue weighted by Crippen LogP contribution is -2.35. The average Bonchev–Trinajstić information content (AvgIpc) is 3.09. The third-order valence-electron chi connectivity index (χ3n) is 7.13. The average molecular weight is 672 g/mol. The third kappa shape index (κ3) is 15.7. The molecule has 0 fully saturated rings. The number of rotatable bonds is 21. The molecule has 260 valence electrons. The van der Waals surface area contributed by atoms with E-state index in [1.807, 2.05) is 0 Å². The Balaban J connectivity index is 1.38. The molecule has 3 rings (SSSR count). The molecule has 0 aliphatic carbocycles. The van der Waals surface area contributed by atoms with Crippen LogP contribution in [-0.2, 0) is 14.4 Å². The van der Waals surface area contributed by atoms with Crippen molar-refractivity contribution in [3.05, 3.63) is 89.5 Å². The van der Waals surface area contributed by atoms with Gasteiger partial charge in [0.05, 0.1) is 0 Å². The number of phenols is 3. The second-order valence-electron chi connectivity index (χ2n) is 11.0. The first-order chi connectivity index (χ1) is 23.8. The van der Waals surface area contributed by atoms with Crippen LogP contribution in [-0.4, -0.2) is 115 Å². The van der Waals surface area contributed by atoms with Crippen molar-refractivity contribution in [2.45, 2.75) is 19.3 Å². The number of para-hydroxylation sites is 3. The number of nitrogens with one attached hydrogen (secondary N) is 3. The normalized spacial score (nSPS) is 11.4. The van der Waals surface area contributed by atoms with Crippen molar-refractivity contribution in [3.63, 3.8) is 0 Å². The smallest absolute Gasteiger partial charge is 0.241 e. The van der Waals surface area contributed by atoms with Gasteiger partial charge in [0.25, 0.3) is 0 Å². The summed E-state index contributed by atoms with van der Waals surface area (Å²) in [6, 6.07) is 20.3. The topological polar surface area (TPSA) is 188 Å². The summed E-state index contributed by atoms with van der Waals surface area (Å²) >= 11 is 0. The lowest BCUT2D eigenvalue weighted by molar-refractivity contribution is -0.120. The Morgan fingerprint density at radius 1 is 0.510 bits per heavy atom. The Kier molecular flexibility index (Phi) is 17.1. The van der Waals surface area contributed by atoms with Gasteiger partial charge in [-0.15, -0.1) is 0 Å². The molecule has 0 aliphatic heterocycles. The van der Waals surface area contributed by atoms with Crippen LogP contribution in [0, 0.1) is 0 Å². The second-order valence-corrected chi connectivity index (χ2v) is 11.0. The molecule has 0 aromatic heterocycles. The van der Waals surface area contributed by atoms with E-state index < -0.39 is 0 Å². The maximum atomic E-state index is 12.2. The number of nitrogens with zero attached hydrogens (tertiary/aromatic N) is 4. The minimum atomic E-state index is -0.223. The van der Waals surface area contributed by atoms with Gasteiger partial charge in [-0.1, -0.05) is 36.4 Å². The highest BCUT2D eigenvalue weighted by molar-refractivity contribution is 5.87. The standard InChI is InChI=1S/C36H45N7O6/c44-31-13-4-1-10-28(31)22-37-25-34(47)40-16-7-19-43(20-8-17-41-35(48)26-38-23-29-11-2-5-14-32(29)45)21-9-18-42-36(49)27-39-24-30-12-3-6-15-33(30)46/h1-6,10-15,22-24,44-46H,7-9,16-21,25-27H2,(H,40,47)(H,41,48)(H,42,49). The Hall–Kier alpha value is -5.56. The van der Waals surface area contributed by atoms with Crippen molar-refractivity contribution >= 4 is 36.4 Å². The highest BCUT2D eigenvalue weighted by atomic mass is 16.3. The Labute approximate surface area is 286 Å². The Morgan fingerprint density at radius 3 is 1.08 bits per heavy atom. The van der Waals surface area contributed by atoms with Crippen molar-refractivity contribution in [3.8, 4) is 17.2 Å². The van der Waals surface area contributed by atoms with Crippen LogP contribution in [0.3, 0.4) is 0 Å². The highest BCUT2D eigenvalue weighted by Gasteiger charge is 2.08. The van der Waals surface area contributed by atoms with Crippen molar-refractivity contribution < 1.29 is 29.7 Å². The second kappa shape index (κ2) is 22.1. The minimum Gasteiger partial charge on any atom is -0.507 e. The maximum Gasteiger partial charge on any atom is 0.241 e. The largest absolute Gasteiger partial charge is 0.507 e. The van der Waals surface area contributed by atoms with E-state index in [1.54, 1.807) is 72.8 Å². The fraction of sp³-hybridized carbons (Fsp3) is 0.333. The van der Waals surface area contributed by atoms with Crippen LogP contribution < -0.4 is 16.0 Å². The zero-order valence-corrected chi connectivity index (χ0v) is 27.5. The number of hydrogen-bond donors (Lipinski definition) is 6. The first-order valence-corrected chi connectivity index (χ1v) is 16.2. The van der Waals surface area contributed by atoms with Gasteiger partial charge in [0.15, 0.2) is 0 Å². The van der Waals surface area contributed by atoms with E-state index in [9.17, 15) is 29.7 Å². The predicted molar refractivity (Wildman–Crippen MR) is 191 cm³/mol. The molecule has 3 amide bonds. The first kappa shape index (κ1) is 37.9. The van der Waals surface area contributed by atoms with Crippen LogP contribution in [0.5, 0.6) is 17.2 Å². The van der Waals surface area contributed by atoms with Gasteiger partial charge in [0.2, 0.25) is 17.7 Å². The number of aliphatic imine (C=N–C) groups is 3. The van der Waals surface area contributed by atoms with Crippen LogP contribution >= 0.6 is 0 Å². The van der Waals surface area contributed by atoms with E-state index in [4.69, 9.17) is 0 Å². The highest BCUT2D eigenvalue weighted by Crippen LogP contribution is 2.14. The van der Waals surface area contributed by atoms with E-state index in [0.29, 0.717) is 75.2 Å². The summed E-state index contributed by atoms with van der Waals surface area (Å²) in [6.45, 7) is 3.30. The lowest BCUT2D eigenvalue weighted by Gasteiger charge is -2.22. The first-order valence-electron chi connectivity index (χ1n) is 16.2. The number of hydrogen-bond acceptors (Lipinski definition) is 10. The third-order valence-corrected chi connectivity index (χ3v) is 7.13. The molecule has 0 saturated heterocycles. The fourth-order valence-corrected chi connectivity index (χ4v) is 4.57. The van der Waals surface area contributed by atoms with E-state index in [1.165, 1.54) is 18.6 Å². The summed E-state index contributed by atoms with van der Waals surface area (Å²) in [5.41, 5.74) is 1.62. The molecule has 0 radical (unpaired) electrons. The van der Waals surface area contributed by atoms with Crippen LogP contribution in [0.15, 0.2) is 87.8 Å². The molecular weight excluding hydrogens is 626 g/mol. The number of benzene rings is 3. The van der Waals surface area contributed by atoms with Gasteiger partial charge in [-0.3, -0.25) is 29.4 Å². The zero-order valence-electron chi connectivity index (χ0n) is 27.5. The number of carbonyl (C=O) groups excluding carboxylic acids is 3. The monoisotopic (exact) mass is 671 g/mol. The molecule has 0 saturated carbocycles. The van der Waals surface area contributed by atoms with Crippen LogP contribution in [0.4, 0.5) is 0 Å². The maximum absolute atomic E-state index is 12.2. The summed E-state index contributed by atoms with van der Waals surface area (Å²) in [5.74, 6) is -0.374.